The van der Waals surface area contributed by atoms with Gasteiger partial charge in [-0.05, 0) is 55.8 Å². The van der Waals surface area contributed by atoms with Crippen LogP contribution < -0.4 is 28.0 Å². The summed E-state index contributed by atoms with van der Waals surface area (Å²) in [5, 5.41) is 35.5. The predicted molar refractivity (Wildman–Crippen MR) is 193 cm³/mol. The van der Waals surface area contributed by atoms with Crippen molar-refractivity contribution in [3.05, 3.63) is 105 Å². The third kappa shape index (κ3) is 9.87. The molecule has 1 unspecified atom stereocenters. The molecule has 0 saturated heterocycles. The number of nitriles is 1. The maximum atomic E-state index is 15.3. The zero-order valence-corrected chi connectivity index (χ0v) is 30.9. The number of rotatable bonds is 12. The van der Waals surface area contributed by atoms with E-state index < -0.39 is 35.4 Å². The summed E-state index contributed by atoms with van der Waals surface area (Å²) in [7, 11) is 0. The number of benzene rings is 3. The summed E-state index contributed by atoms with van der Waals surface area (Å²) in [6.45, 7) is 9.57. The first kappa shape index (κ1) is 41.0. The molecule has 2 heterocycles. The Bertz CT molecular complexity index is 1930. The maximum absolute atomic E-state index is 15.3. The van der Waals surface area contributed by atoms with Gasteiger partial charge >= 0.3 is 11.9 Å². The fraction of sp³-hybridized carbons (Fsp3) is 0.306. The monoisotopic (exact) mass is 756 g/mol. The van der Waals surface area contributed by atoms with Gasteiger partial charge in [0.15, 0.2) is 6.10 Å². The molecule has 0 saturated carbocycles. The molecule has 15 heteroatoms. The van der Waals surface area contributed by atoms with Gasteiger partial charge in [-0.25, -0.2) is 18.6 Å². The Balaban J connectivity index is 0.00000351. The first-order valence-corrected chi connectivity index (χ1v) is 16.6. The number of aliphatic imine (C=N–C) groups is 1. The van der Waals surface area contributed by atoms with Crippen molar-refractivity contribution in [2.24, 2.45) is 5.10 Å². The highest BCUT2D eigenvalue weighted by Gasteiger charge is 2.46. The summed E-state index contributed by atoms with van der Waals surface area (Å²) < 4.78 is 35.4. The zero-order valence-electron chi connectivity index (χ0n) is 28.5. The average molecular weight is 758 g/mol. The first-order chi connectivity index (χ1) is 23.4. The van der Waals surface area contributed by atoms with E-state index >= 15 is 4.39 Å². The number of ether oxygens (including phenoxy) is 1. The van der Waals surface area contributed by atoms with Crippen molar-refractivity contribution in [2.45, 2.75) is 64.8 Å². The number of hydrogen-bond acceptors (Lipinski definition) is 10. The molecular formula is C36H38Cl2F2N7O3S. The molecule has 1 aliphatic heterocycles. The number of β-amino-alcohol motifs (C(OH)–C–C–N with tert-alkyl or cyclic N) is 1. The van der Waals surface area contributed by atoms with E-state index in [1.165, 1.54) is 22.7 Å². The van der Waals surface area contributed by atoms with Crippen LogP contribution in [0, 0.1) is 29.9 Å². The second kappa shape index (κ2) is 17.7. The fourth-order valence-corrected chi connectivity index (χ4v) is 6.27. The normalized spacial score (nSPS) is 14.4. The van der Waals surface area contributed by atoms with Gasteiger partial charge in [0.2, 0.25) is 0 Å². The number of carbonyl (C=O) groups excluding carboxylic acids is 1. The van der Waals surface area contributed by atoms with E-state index in [2.05, 4.69) is 26.8 Å². The molecule has 0 fully saturated rings. The van der Waals surface area contributed by atoms with E-state index in [4.69, 9.17) is 15.0 Å². The molecule has 4 aromatic rings. The lowest BCUT2D eigenvalue weighted by Crippen LogP contribution is -3.00. The van der Waals surface area contributed by atoms with Crippen molar-refractivity contribution in [3.63, 3.8) is 0 Å². The number of carbonyl (C=O) groups is 1. The molecule has 3 atom stereocenters. The Kier molecular flexibility index (Phi) is 14.2. The van der Waals surface area contributed by atoms with Crippen LogP contribution in [0.15, 0.2) is 71.1 Å². The summed E-state index contributed by atoms with van der Waals surface area (Å²) in [5.74, 6) is -2.20. The Morgan fingerprint density at radius 1 is 1.12 bits per heavy atom. The molecule has 0 bridgehead atoms. The van der Waals surface area contributed by atoms with Gasteiger partial charge in [-0.15, -0.1) is 28.8 Å². The van der Waals surface area contributed by atoms with E-state index in [9.17, 15) is 14.3 Å². The zero-order chi connectivity index (χ0) is 35.3. The van der Waals surface area contributed by atoms with E-state index in [0.29, 0.717) is 28.5 Å². The minimum absolute atomic E-state index is 0. The molecule has 10 nitrogen and oxygen atoms in total. The fourth-order valence-electron chi connectivity index (χ4n) is 5.30. The molecule has 269 valence electrons. The van der Waals surface area contributed by atoms with Crippen LogP contribution in [0.2, 0.25) is 0 Å². The van der Waals surface area contributed by atoms with Crippen molar-refractivity contribution in [1.82, 2.24) is 20.3 Å². The third-order valence-corrected chi connectivity index (χ3v) is 9.14. The van der Waals surface area contributed by atoms with Crippen molar-refractivity contribution >= 4 is 47.7 Å². The molecule has 1 aliphatic rings. The van der Waals surface area contributed by atoms with Crippen molar-refractivity contribution in [3.8, 4) is 17.3 Å². The Morgan fingerprint density at radius 2 is 1.84 bits per heavy atom. The van der Waals surface area contributed by atoms with E-state index in [-0.39, 0.29) is 48.8 Å². The lowest BCUT2D eigenvalue weighted by Gasteiger charge is -2.33. The van der Waals surface area contributed by atoms with Gasteiger partial charge in [0.1, 0.15) is 23.8 Å². The van der Waals surface area contributed by atoms with Crippen LogP contribution in [0.25, 0.3) is 11.3 Å². The SMILES string of the molecule is Cc1ccc(NC(=O)OC(C)C2=NN(C[C@](O)(c3cc(F)ccc3F)[C@@H](C)c3nc(-c4ccc(C#N)cc4)cs3)C=[N+]2)c(CNC(C)C)c1.Cl.[Cl-]. The number of thiazole rings is 1. The number of halogens is 4. The maximum Gasteiger partial charge on any atom is 0.412 e. The number of aliphatic hydroxyl groups is 1. The summed E-state index contributed by atoms with van der Waals surface area (Å²) in [5.41, 5.74) is 2.15. The summed E-state index contributed by atoms with van der Waals surface area (Å²) in [6.07, 6.45) is -0.247. The number of aromatic nitrogens is 1. The number of hydrogen-bond donors (Lipinski definition) is 3. The van der Waals surface area contributed by atoms with Crippen LogP contribution in [-0.4, -0.2) is 52.1 Å². The van der Waals surface area contributed by atoms with E-state index in [0.717, 1.165) is 34.9 Å². The van der Waals surface area contributed by atoms with E-state index in [1.807, 2.05) is 39.0 Å². The average Bonchev–Trinajstić information content (AvgIpc) is 3.76. The number of amides is 1. The van der Waals surface area contributed by atoms with Crippen molar-refractivity contribution in [1.29, 1.82) is 5.26 Å². The van der Waals surface area contributed by atoms with Gasteiger partial charge in [-0.2, -0.15) is 5.26 Å². The van der Waals surface area contributed by atoms with Gasteiger partial charge in [-0.3, -0.25) is 5.32 Å². The number of nitrogens with zero attached hydrogens (tertiary/aromatic N) is 5. The van der Waals surface area contributed by atoms with Crippen LogP contribution >= 0.6 is 23.7 Å². The lowest BCUT2D eigenvalue weighted by atomic mass is 9.81. The molecule has 3 aromatic carbocycles. The third-order valence-electron chi connectivity index (χ3n) is 8.12. The van der Waals surface area contributed by atoms with Crippen LogP contribution in [0.5, 0.6) is 0 Å². The topological polar surface area (TPSA) is 137 Å². The molecular weight excluding hydrogens is 719 g/mol. The molecule has 51 heavy (non-hydrogen) atoms. The molecule has 3 N–H and O–H groups in total. The van der Waals surface area contributed by atoms with Gasteiger partial charge in [0.25, 0.3) is 6.34 Å². The van der Waals surface area contributed by atoms with Crippen LogP contribution in [0.3, 0.4) is 0 Å². The van der Waals surface area contributed by atoms with Gasteiger partial charge in [0.05, 0.1) is 22.3 Å². The van der Waals surface area contributed by atoms with Crippen LogP contribution in [0.4, 0.5) is 19.3 Å². The molecule has 0 aliphatic carbocycles. The Hall–Kier alpha value is -4.45. The minimum atomic E-state index is -2.02. The summed E-state index contributed by atoms with van der Waals surface area (Å²) in [4.78, 5) is 21.9. The molecule has 0 spiro atoms. The Morgan fingerprint density at radius 3 is 2.53 bits per heavy atom. The highest BCUT2D eigenvalue weighted by atomic mass is 35.5. The molecule has 5 rings (SSSR count). The van der Waals surface area contributed by atoms with E-state index in [1.54, 1.807) is 43.5 Å². The number of aryl methyl sites for hydroxylation is 1. The Labute approximate surface area is 312 Å². The first-order valence-electron chi connectivity index (χ1n) is 15.7. The minimum Gasteiger partial charge on any atom is -1.00 e. The highest BCUT2D eigenvalue weighted by Crippen LogP contribution is 2.41. The predicted octanol–water partition coefficient (Wildman–Crippen LogP) is 3.81. The quantitative estimate of drug-likeness (QED) is 0.200. The van der Waals surface area contributed by atoms with Gasteiger partial charge < -0.3 is 27.6 Å². The standard InChI is InChI=1S/C36H37F2N7O3S.2ClH/c1-21(2)40-17-27-14-22(3)6-13-31(27)43-35(46)48-24(5)33-41-20-45(44-33)19-36(47,29-15-28(37)11-12-30(29)38)23(4)34-42-32(18-49-34)26-9-7-25(16-39)8-10-26;;/h6-15,18,20-21,23-24,40,47H,17,19H2,1-5H3,(H,43,46);2*1H/q+1;;/p-1/t23-,24?,36+;;/m0../s1. The van der Waals surface area contributed by atoms with Crippen molar-refractivity contribution < 1.29 is 35.8 Å². The largest absolute Gasteiger partial charge is 1.00 e. The van der Waals surface area contributed by atoms with Crippen LogP contribution in [0.1, 0.15) is 60.9 Å². The van der Waals surface area contributed by atoms with Crippen molar-refractivity contribution in [2.75, 3.05) is 11.9 Å². The second-order valence-corrected chi connectivity index (χ2v) is 13.1. The number of nitrogens with one attached hydrogen (secondary N) is 2. The smallest absolute Gasteiger partial charge is 0.412 e. The summed E-state index contributed by atoms with van der Waals surface area (Å²) >= 11 is 1.26. The molecule has 1 aromatic heterocycles. The summed E-state index contributed by atoms with van der Waals surface area (Å²) in [6, 6.07) is 17.8. The number of amidine groups is 1. The van der Waals surface area contributed by atoms with Gasteiger partial charge in [0, 0.05) is 45.8 Å². The van der Waals surface area contributed by atoms with Gasteiger partial charge in [-0.1, -0.05) is 55.6 Å². The molecule has 1 amide bonds. The lowest BCUT2D eigenvalue weighted by molar-refractivity contribution is -0.00830. The highest BCUT2D eigenvalue weighted by molar-refractivity contribution is 7.10. The van der Waals surface area contributed by atoms with Crippen LogP contribution in [-0.2, 0) is 16.9 Å². The molecule has 1 radical (unpaired) electrons. The number of anilines is 1. The second-order valence-electron chi connectivity index (χ2n) is 12.2. The number of hydrazone groups is 1.